The third-order valence-corrected chi connectivity index (χ3v) is 7.70. The van der Waals surface area contributed by atoms with E-state index in [0.29, 0.717) is 43.3 Å². The first-order valence-corrected chi connectivity index (χ1v) is 12.0. The average molecular weight is 429 g/mol. The van der Waals surface area contributed by atoms with Crippen molar-refractivity contribution in [3.05, 3.63) is 23.2 Å². The predicted octanol–water partition coefficient (Wildman–Crippen LogP) is 3.54. The summed E-state index contributed by atoms with van der Waals surface area (Å²) in [5, 5.41) is 0.355. The summed E-state index contributed by atoms with van der Waals surface area (Å²) in [5.74, 6) is 0.418. The Bertz CT molecular complexity index is 783. The molecule has 0 N–H and O–H groups in total. The van der Waals surface area contributed by atoms with E-state index in [1.807, 2.05) is 11.8 Å². The Morgan fingerprint density at radius 3 is 2.36 bits per heavy atom. The molecule has 0 aromatic heterocycles. The normalized spacial score (nSPS) is 20.0. The fourth-order valence-corrected chi connectivity index (χ4v) is 5.85. The molecule has 0 saturated carbocycles. The third-order valence-electron chi connectivity index (χ3n) is 5.54. The third kappa shape index (κ3) is 4.81. The molecule has 1 amide bonds. The lowest BCUT2D eigenvalue weighted by Crippen LogP contribution is -2.44. The highest BCUT2D eigenvalue weighted by Gasteiger charge is 2.35. The van der Waals surface area contributed by atoms with Crippen LogP contribution >= 0.6 is 11.6 Å². The highest BCUT2D eigenvalue weighted by Crippen LogP contribution is 2.32. The summed E-state index contributed by atoms with van der Waals surface area (Å²) in [4.78, 5) is 14.9. The predicted molar refractivity (Wildman–Crippen MR) is 109 cm³/mol. The summed E-state index contributed by atoms with van der Waals surface area (Å²) in [7, 11) is -3.72. The number of amides is 1. The van der Waals surface area contributed by atoms with E-state index in [-0.39, 0.29) is 16.7 Å². The molecule has 0 radical (unpaired) electrons. The van der Waals surface area contributed by atoms with Crippen molar-refractivity contribution >= 4 is 27.5 Å². The molecule has 6 nitrogen and oxygen atoms in total. The van der Waals surface area contributed by atoms with Crippen LogP contribution in [0.5, 0.6) is 5.75 Å². The molecule has 1 aromatic carbocycles. The molecule has 3 rings (SSSR count). The van der Waals surface area contributed by atoms with E-state index in [1.165, 1.54) is 23.2 Å². The first-order chi connectivity index (χ1) is 13.4. The van der Waals surface area contributed by atoms with Gasteiger partial charge in [0.25, 0.3) is 0 Å². The van der Waals surface area contributed by atoms with E-state index in [1.54, 1.807) is 12.1 Å². The molecule has 28 heavy (non-hydrogen) atoms. The quantitative estimate of drug-likeness (QED) is 0.719. The topological polar surface area (TPSA) is 66.9 Å². The van der Waals surface area contributed by atoms with Crippen LogP contribution in [0, 0.1) is 5.92 Å². The number of carbonyl (C=O) groups excluding carboxylic acids is 1. The van der Waals surface area contributed by atoms with Gasteiger partial charge in [-0.2, -0.15) is 4.31 Å². The van der Waals surface area contributed by atoms with E-state index in [2.05, 4.69) is 0 Å². The number of carbonyl (C=O) groups is 1. The van der Waals surface area contributed by atoms with Crippen LogP contribution in [0.25, 0.3) is 0 Å². The number of rotatable bonds is 5. The number of halogens is 1. The Kier molecular flexibility index (Phi) is 7.23. The van der Waals surface area contributed by atoms with Crippen molar-refractivity contribution in [2.45, 2.75) is 50.3 Å². The van der Waals surface area contributed by atoms with E-state index < -0.39 is 10.0 Å². The van der Waals surface area contributed by atoms with Crippen LogP contribution in [0.1, 0.15) is 45.4 Å². The lowest BCUT2D eigenvalue weighted by atomic mass is 9.96. The van der Waals surface area contributed by atoms with Crippen molar-refractivity contribution in [1.29, 1.82) is 0 Å². The molecular weight excluding hydrogens is 400 g/mol. The number of piperidine rings is 1. The van der Waals surface area contributed by atoms with Gasteiger partial charge in [-0.3, -0.25) is 4.79 Å². The van der Waals surface area contributed by atoms with E-state index in [0.717, 1.165) is 25.9 Å². The summed E-state index contributed by atoms with van der Waals surface area (Å²) < 4.78 is 33.2. The van der Waals surface area contributed by atoms with Crippen molar-refractivity contribution in [1.82, 2.24) is 9.21 Å². The molecule has 2 aliphatic rings. The van der Waals surface area contributed by atoms with Gasteiger partial charge in [0.15, 0.2) is 0 Å². The minimum Gasteiger partial charge on any atom is -0.492 e. The number of sulfonamides is 1. The fraction of sp³-hybridized carbons (Fsp3) is 0.650. The average Bonchev–Trinajstić information content (AvgIpc) is 2.98. The van der Waals surface area contributed by atoms with Gasteiger partial charge in [0.05, 0.1) is 6.61 Å². The van der Waals surface area contributed by atoms with Gasteiger partial charge in [0, 0.05) is 37.1 Å². The van der Waals surface area contributed by atoms with Crippen molar-refractivity contribution in [3.63, 3.8) is 0 Å². The SMILES string of the molecule is CCOc1ccc(Cl)cc1S(=O)(=O)N1CCC(C(=O)N2CCCCCC2)CC1. The number of hydrogen-bond donors (Lipinski definition) is 0. The lowest BCUT2D eigenvalue weighted by molar-refractivity contribution is -0.136. The Hall–Kier alpha value is -1.31. The molecule has 0 spiro atoms. The molecule has 2 heterocycles. The smallest absolute Gasteiger partial charge is 0.246 e. The first kappa shape index (κ1) is 21.4. The molecule has 2 aliphatic heterocycles. The molecule has 8 heteroatoms. The summed E-state index contributed by atoms with van der Waals surface area (Å²) in [6.07, 6.45) is 5.60. The molecule has 0 aliphatic carbocycles. The van der Waals surface area contributed by atoms with Crippen molar-refractivity contribution in [3.8, 4) is 5.75 Å². The molecule has 2 saturated heterocycles. The van der Waals surface area contributed by atoms with Crippen LogP contribution in [0.3, 0.4) is 0 Å². The molecule has 2 fully saturated rings. The van der Waals surface area contributed by atoms with Gasteiger partial charge in [-0.15, -0.1) is 0 Å². The number of nitrogens with zero attached hydrogens (tertiary/aromatic N) is 2. The van der Waals surface area contributed by atoms with Gasteiger partial charge in [0.1, 0.15) is 10.6 Å². The second-order valence-corrected chi connectivity index (χ2v) is 9.78. The Labute approximate surface area is 172 Å². The maximum Gasteiger partial charge on any atom is 0.246 e. The van der Waals surface area contributed by atoms with Crippen LogP contribution in [0.4, 0.5) is 0 Å². The molecule has 0 atom stereocenters. The number of hydrogen-bond acceptors (Lipinski definition) is 4. The Morgan fingerprint density at radius 2 is 1.75 bits per heavy atom. The van der Waals surface area contributed by atoms with Crippen LogP contribution < -0.4 is 4.74 Å². The Morgan fingerprint density at radius 1 is 1.11 bits per heavy atom. The maximum atomic E-state index is 13.2. The van der Waals surface area contributed by atoms with Crippen LogP contribution in [-0.4, -0.2) is 56.3 Å². The standard InChI is InChI=1S/C20H29ClN2O4S/c1-2-27-18-8-7-17(21)15-19(18)28(25,26)23-13-9-16(10-14-23)20(24)22-11-5-3-4-6-12-22/h7-8,15-16H,2-6,9-14H2,1H3. The molecule has 0 bridgehead atoms. The summed E-state index contributed by atoms with van der Waals surface area (Å²) in [5.41, 5.74) is 0. The van der Waals surface area contributed by atoms with E-state index in [9.17, 15) is 13.2 Å². The molecule has 0 unspecified atom stereocenters. The monoisotopic (exact) mass is 428 g/mol. The number of benzene rings is 1. The zero-order chi connectivity index (χ0) is 20.1. The van der Waals surface area contributed by atoms with Crippen LogP contribution in [-0.2, 0) is 14.8 Å². The van der Waals surface area contributed by atoms with Crippen LogP contribution in [0.2, 0.25) is 5.02 Å². The minimum absolute atomic E-state index is 0.0877. The zero-order valence-corrected chi connectivity index (χ0v) is 18.0. The van der Waals surface area contributed by atoms with Gasteiger partial charge >= 0.3 is 0 Å². The molecule has 156 valence electrons. The summed E-state index contributed by atoms with van der Waals surface area (Å²) in [6.45, 7) is 4.52. The fourth-order valence-electron chi connectivity index (χ4n) is 3.99. The van der Waals surface area contributed by atoms with Crippen molar-refractivity contribution in [2.24, 2.45) is 5.92 Å². The van der Waals surface area contributed by atoms with E-state index >= 15 is 0 Å². The Balaban J connectivity index is 1.68. The highest BCUT2D eigenvalue weighted by atomic mass is 35.5. The van der Waals surface area contributed by atoms with Crippen LogP contribution in [0.15, 0.2) is 23.1 Å². The van der Waals surface area contributed by atoms with E-state index in [4.69, 9.17) is 16.3 Å². The lowest BCUT2D eigenvalue weighted by Gasteiger charge is -2.33. The second kappa shape index (κ2) is 9.46. The van der Waals surface area contributed by atoms with Gasteiger partial charge < -0.3 is 9.64 Å². The highest BCUT2D eigenvalue weighted by molar-refractivity contribution is 7.89. The second-order valence-electron chi connectivity index (χ2n) is 7.44. The largest absolute Gasteiger partial charge is 0.492 e. The molecular formula is C20H29ClN2O4S. The summed E-state index contributed by atoms with van der Waals surface area (Å²) in [6, 6.07) is 4.66. The number of likely N-dealkylation sites (tertiary alicyclic amines) is 1. The summed E-state index contributed by atoms with van der Waals surface area (Å²) >= 11 is 6.04. The first-order valence-electron chi connectivity index (χ1n) is 10.1. The minimum atomic E-state index is -3.72. The van der Waals surface area contributed by atoms with Gasteiger partial charge in [-0.25, -0.2) is 8.42 Å². The number of ether oxygens (including phenoxy) is 1. The zero-order valence-electron chi connectivity index (χ0n) is 16.4. The maximum absolute atomic E-state index is 13.2. The van der Waals surface area contributed by atoms with Gasteiger partial charge in [-0.1, -0.05) is 24.4 Å². The van der Waals surface area contributed by atoms with Crippen molar-refractivity contribution in [2.75, 3.05) is 32.8 Å². The van der Waals surface area contributed by atoms with Gasteiger partial charge in [0.2, 0.25) is 15.9 Å². The molecule has 1 aromatic rings. The van der Waals surface area contributed by atoms with Gasteiger partial charge in [-0.05, 0) is 50.8 Å². The van der Waals surface area contributed by atoms with Crippen molar-refractivity contribution < 1.29 is 17.9 Å².